The first-order chi connectivity index (χ1) is 12.6. The summed E-state index contributed by atoms with van der Waals surface area (Å²) < 4.78 is 2.02. The number of pyridine rings is 1. The van der Waals surface area contributed by atoms with Gasteiger partial charge in [0.1, 0.15) is 5.82 Å². The third-order valence-electron chi connectivity index (χ3n) is 3.75. The van der Waals surface area contributed by atoms with Gasteiger partial charge >= 0.3 is 0 Å². The zero-order valence-electron chi connectivity index (χ0n) is 14.0. The van der Waals surface area contributed by atoms with Gasteiger partial charge in [0, 0.05) is 37.4 Å². The highest BCUT2D eigenvalue weighted by Crippen LogP contribution is 2.22. The smallest absolute Gasteiger partial charge is 0.224 e. The topological polar surface area (TPSA) is 59.0 Å². The van der Waals surface area contributed by atoms with E-state index in [2.05, 4.69) is 15.6 Å². The molecule has 0 unspecified atom stereocenters. The summed E-state index contributed by atoms with van der Waals surface area (Å²) in [5.74, 6) is 0.515. The molecule has 2 N–H and O–H groups in total. The molecular weight excluding hydrogens is 371 g/mol. The van der Waals surface area contributed by atoms with Gasteiger partial charge in [0.2, 0.25) is 5.91 Å². The van der Waals surface area contributed by atoms with Crippen LogP contribution in [0.5, 0.6) is 0 Å². The molecule has 0 radical (unpaired) electrons. The quantitative estimate of drug-likeness (QED) is 0.602. The Morgan fingerprint density at radius 2 is 1.81 bits per heavy atom. The van der Waals surface area contributed by atoms with Gasteiger partial charge in [-0.3, -0.25) is 4.79 Å². The second-order valence-corrected chi connectivity index (χ2v) is 6.54. The summed E-state index contributed by atoms with van der Waals surface area (Å²) in [6.45, 7) is 0.994. The molecule has 26 heavy (non-hydrogen) atoms. The molecule has 0 aliphatic carbocycles. The number of nitrogens with zero attached hydrogens (tertiary/aromatic N) is 2. The largest absolute Gasteiger partial charge is 0.367 e. The third kappa shape index (κ3) is 5.00. The summed E-state index contributed by atoms with van der Waals surface area (Å²) in [5.41, 5.74) is 2.03. The van der Waals surface area contributed by atoms with Crippen LogP contribution in [-0.2, 0) is 11.2 Å². The van der Waals surface area contributed by atoms with Gasteiger partial charge in [0.15, 0.2) is 0 Å². The minimum absolute atomic E-state index is 0.0318. The third-order valence-corrected chi connectivity index (χ3v) is 4.25. The molecule has 5 nitrogen and oxygen atoms in total. The molecule has 0 fully saturated rings. The molecule has 1 amide bonds. The lowest BCUT2D eigenvalue weighted by atomic mass is 10.1. The molecule has 3 aromatic rings. The van der Waals surface area contributed by atoms with E-state index in [0.29, 0.717) is 35.4 Å². The molecule has 0 saturated heterocycles. The van der Waals surface area contributed by atoms with E-state index in [1.165, 1.54) is 6.20 Å². The van der Waals surface area contributed by atoms with E-state index in [1.807, 2.05) is 53.4 Å². The van der Waals surface area contributed by atoms with Crippen LogP contribution in [0.3, 0.4) is 0 Å². The van der Waals surface area contributed by atoms with E-state index in [4.69, 9.17) is 23.2 Å². The fourth-order valence-corrected chi connectivity index (χ4v) is 2.91. The van der Waals surface area contributed by atoms with Crippen molar-refractivity contribution in [2.45, 2.75) is 6.42 Å². The maximum Gasteiger partial charge on any atom is 0.224 e. The number of hydrogen-bond donors (Lipinski definition) is 2. The number of halogens is 2. The first kappa shape index (κ1) is 18.3. The molecule has 0 aliphatic heterocycles. The Balaban J connectivity index is 1.42. The molecule has 0 aliphatic rings. The van der Waals surface area contributed by atoms with Crippen LogP contribution in [0.25, 0.3) is 5.69 Å². The van der Waals surface area contributed by atoms with Crippen molar-refractivity contribution in [3.8, 4) is 5.69 Å². The van der Waals surface area contributed by atoms with Crippen LogP contribution in [0.1, 0.15) is 5.56 Å². The van der Waals surface area contributed by atoms with E-state index in [-0.39, 0.29) is 5.91 Å². The van der Waals surface area contributed by atoms with Crippen molar-refractivity contribution in [3.05, 3.63) is 76.7 Å². The summed E-state index contributed by atoms with van der Waals surface area (Å²) in [7, 11) is 0. The maximum atomic E-state index is 12.0. The first-order valence-corrected chi connectivity index (χ1v) is 8.91. The van der Waals surface area contributed by atoms with E-state index in [1.54, 1.807) is 6.07 Å². The van der Waals surface area contributed by atoms with Gasteiger partial charge in [-0.25, -0.2) is 4.98 Å². The number of rotatable bonds is 7. The minimum Gasteiger partial charge on any atom is -0.367 e. The lowest BCUT2D eigenvalue weighted by molar-refractivity contribution is -0.120. The zero-order valence-corrected chi connectivity index (χ0v) is 15.5. The fourth-order valence-electron chi connectivity index (χ4n) is 2.47. The molecule has 0 saturated carbocycles. The van der Waals surface area contributed by atoms with Gasteiger partial charge in [-0.1, -0.05) is 35.3 Å². The average molecular weight is 389 g/mol. The number of hydrogen-bond acceptors (Lipinski definition) is 3. The van der Waals surface area contributed by atoms with E-state index in [9.17, 15) is 4.79 Å². The van der Waals surface area contributed by atoms with E-state index >= 15 is 0 Å². The standard InChI is InChI=1S/C19H18Cl2N4O/c20-15-12-17(21)19(24-13-15)23-8-7-22-18(26)11-14-3-5-16(6-4-14)25-9-1-2-10-25/h1-6,9-10,12-13H,7-8,11H2,(H,22,26)(H,23,24). The van der Waals surface area contributed by atoms with Crippen LogP contribution >= 0.6 is 23.2 Å². The maximum absolute atomic E-state index is 12.0. The number of benzene rings is 1. The summed E-state index contributed by atoms with van der Waals surface area (Å²) in [4.78, 5) is 16.1. The zero-order chi connectivity index (χ0) is 18.4. The van der Waals surface area contributed by atoms with Crippen LogP contribution in [0.2, 0.25) is 10.0 Å². The second kappa shape index (κ2) is 8.74. The number of nitrogens with one attached hydrogen (secondary N) is 2. The van der Waals surface area contributed by atoms with Crippen molar-refractivity contribution in [1.29, 1.82) is 0 Å². The van der Waals surface area contributed by atoms with Gasteiger partial charge in [-0.2, -0.15) is 0 Å². The highest BCUT2D eigenvalue weighted by Gasteiger charge is 2.05. The Labute approximate surface area is 162 Å². The average Bonchev–Trinajstić information content (AvgIpc) is 3.15. The van der Waals surface area contributed by atoms with Gasteiger partial charge in [0.05, 0.1) is 16.5 Å². The van der Waals surface area contributed by atoms with Crippen molar-refractivity contribution in [2.75, 3.05) is 18.4 Å². The Hall–Kier alpha value is -2.50. The summed E-state index contributed by atoms with van der Waals surface area (Å²) in [6.07, 6.45) is 5.82. The van der Waals surface area contributed by atoms with Crippen LogP contribution in [0.15, 0.2) is 61.1 Å². The minimum atomic E-state index is -0.0318. The SMILES string of the molecule is O=C(Cc1ccc(-n2cccc2)cc1)NCCNc1ncc(Cl)cc1Cl. The van der Waals surface area contributed by atoms with E-state index < -0.39 is 0 Å². The van der Waals surface area contributed by atoms with Crippen LogP contribution in [0.4, 0.5) is 5.82 Å². The van der Waals surface area contributed by atoms with Crippen LogP contribution in [0, 0.1) is 0 Å². The molecule has 134 valence electrons. The summed E-state index contributed by atoms with van der Waals surface area (Å²) in [6, 6.07) is 13.5. The molecular formula is C19H18Cl2N4O. The van der Waals surface area contributed by atoms with Gasteiger partial charge in [0.25, 0.3) is 0 Å². The number of carbonyl (C=O) groups excluding carboxylic acids is 1. The normalized spacial score (nSPS) is 10.5. The van der Waals surface area contributed by atoms with Crippen molar-refractivity contribution in [1.82, 2.24) is 14.9 Å². The number of anilines is 1. The van der Waals surface area contributed by atoms with Crippen molar-refractivity contribution in [2.24, 2.45) is 0 Å². The molecule has 0 spiro atoms. The Morgan fingerprint density at radius 3 is 2.50 bits per heavy atom. The molecule has 1 aromatic carbocycles. The molecule has 2 aromatic heterocycles. The lowest BCUT2D eigenvalue weighted by Gasteiger charge is -2.09. The van der Waals surface area contributed by atoms with Crippen molar-refractivity contribution in [3.63, 3.8) is 0 Å². The predicted octanol–water partition coefficient (Wildman–Crippen LogP) is 3.95. The first-order valence-electron chi connectivity index (χ1n) is 8.16. The molecule has 2 heterocycles. The number of aromatic nitrogens is 2. The van der Waals surface area contributed by atoms with E-state index in [0.717, 1.165) is 11.3 Å². The molecule has 7 heteroatoms. The fraction of sp³-hybridized carbons (Fsp3) is 0.158. The number of carbonyl (C=O) groups is 1. The van der Waals surface area contributed by atoms with Crippen molar-refractivity contribution < 1.29 is 4.79 Å². The van der Waals surface area contributed by atoms with Gasteiger partial charge in [-0.15, -0.1) is 0 Å². The molecule has 0 bridgehead atoms. The molecule has 0 atom stereocenters. The second-order valence-electron chi connectivity index (χ2n) is 5.69. The monoisotopic (exact) mass is 388 g/mol. The Kier molecular flexibility index (Phi) is 6.15. The lowest BCUT2D eigenvalue weighted by Crippen LogP contribution is -2.30. The van der Waals surface area contributed by atoms with Gasteiger partial charge < -0.3 is 15.2 Å². The number of amides is 1. The summed E-state index contributed by atoms with van der Waals surface area (Å²) >= 11 is 11.8. The highest BCUT2D eigenvalue weighted by atomic mass is 35.5. The van der Waals surface area contributed by atoms with Gasteiger partial charge in [-0.05, 0) is 35.9 Å². The van der Waals surface area contributed by atoms with Crippen LogP contribution < -0.4 is 10.6 Å². The highest BCUT2D eigenvalue weighted by molar-refractivity contribution is 6.35. The Morgan fingerprint density at radius 1 is 1.08 bits per heavy atom. The summed E-state index contributed by atoms with van der Waals surface area (Å²) in [5, 5.41) is 6.87. The molecule has 3 rings (SSSR count). The Bertz CT molecular complexity index is 864. The van der Waals surface area contributed by atoms with Crippen molar-refractivity contribution >= 4 is 34.9 Å². The van der Waals surface area contributed by atoms with Crippen LogP contribution in [-0.4, -0.2) is 28.5 Å². The predicted molar refractivity (Wildman–Crippen MR) is 105 cm³/mol.